The van der Waals surface area contributed by atoms with E-state index in [1.165, 1.54) is 0 Å². The Morgan fingerprint density at radius 2 is 1.30 bits per heavy atom. The Morgan fingerprint density at radius 3 is 1.63 bits per heavy atom. The van der Waals surface area contributed by atoms with E-state index in [0.717, 1.165) is 16.7 Å². The Hall–Kier alpha value is -2.83. The minimum atomic E-state index is -0.852. The van der Waals surface area contributed by atoms with Crippen molar-refractivity contribution in [1.29, 1.82) is 0 Å². The minimum Gasteiger partial charge on any atom is -0.481 e. The predicted octanol–water partition coefficient (Wildman–Crippen LogP) is 4.74. The maximum Gasteiger partial charge on any atom is 0.303 e. The Kier molecular flexibility index (Phi) is 7.49. The molecule has 0 aliphatic rings. The minimum absolute atomic E-state index is 0.0156. The van der Waals surface area contributed by atoms with Crippen molar-refractivity contribution in [1.82, 2.24) is 5.32 Å². The number of nitrogens with one attached hydrogen (secondary N) is 1. The van der Waals surface area contributed by atoms with Crippen LogP contribution in [0.5, 0.6) is 0 Å². The van der Waals surface area contributed by atoms with Crippen LogP contribution in [0.15, 0.2) is 91.0 Å². The van der Waals surface area contributed by atoms with Crippen LogP contribution in [0.3, 0.4) is 0 Å². The highest BCUT2D eigenvalue weighted by Crippen LogP contribution is 2.50. The standard InChI is InChI=1S/C24H24N2O2S2/c25-23(29)26-21(16-17-22(27)28)30-24(18-10-4-1-5-11-18,19-12-6-2-7-13-19)20-14-8-3-9-15-20/h1-15,21H,16-17H2,(H,27,28)(H3,25,26,29)/t21-/m0/s1. The molecule has 0 bridgehead atoms. The highest BCUT2D eigenvalue weighted by atomic mass is 32.2. The summed E-state index contributed by atoms with van der Waals surface area (Å²) in [5, 5.41) is 12.2. The summed E-state index contributed by atoms with van der Waals surface area (Å²) in [5.74, 6) is -0.852. The molecule has 1 atom stereocenters. The molecule has 0 fully saturated rings. The number of rotatable bonds is 9. The van der Waals surface area contributed by atoms with Crippen LogP contribution in [0.2, 0.25) is 0 Å². The zero-order valence-electron chi connectivity index (χ0n) is 16.4. The number of carboxylic acids is 1. The molecule has 6 heteroatoms. The first kappa shape index (κ1) is 21.9. The molecule has 0 aromatic heterocycles. The molecule has 0 unspecified atom stereocenters. The van der Waals surface area contributed by atoms with Crippen molar-refractivity contribution in [3.63, 3.8) is 0 Å². The number of thiocarbonyl (C=S) groups is 1. The van der Waals surface area contributed by atoms with Crippen molar-refractivity contribution >= 4 is 35.1 Å². The topological polar surface area (TPSA) is 75.3 Å². The van der Waals surface area contributed by atoms with E-state index in [1.54, 1.807) is 11.8 Å². The zero-order valence-corrected chi connectivity index (χ0v) is 18.0. The maximum atomic E-state index is 11.3. The summed E-state index contributed by atoms with van der Waals surface area (Å²) in [6, 6.07) is 30.7. The summed E-state index contributed by atoms with van der Waals surface area (Å²) in [4.78, 5) is 11.3. The van der Waals surface area contributed by atoms with Crippen molar-refractivity contribution in [2.24, 2.45) is 5.73 Å². The number of benzene rings is 3. The second kappa shape index (κ2) is 10.3. The van der Waals surface area contributed by atoms with Crippen LogP contribution in [0.1, 0.15) is 29.5 Å². The molecule has 4 nitrogen and oxygen atoms in total. The molecule has 0 aliphatic heterocycles. The van der Waals surface area contributed by atoms with Crippen LogP contribution < -0.4 is 11.1 Å². The number of thioether (sulfide) groups is 1. The second-order valence-corrected chi connectivity index (χ2v) is 8.68. The van der Waals surface area contributed by atoms with Crippen LogP contribution in [-0.4, -0.2) is 21.6 Å². The summed E-state index contributed by atoms with van der Waals surface area (Å²) >= 11 is 6.72. The van der Waals surface area contributed by atoms with Gasteiger partial charge in [-0.05, 0) is 35.3 Å². The SMILES string of the molecule is NC(=S)N[C@H](CCC(=O)O)SC(c1ccccc1)(c1ccccc1)c1ccccc1. The fourth-order valence-corrected chi connectivity index (χ4v) is 5.39. The molecule has 30 heavy (non-hydrogen) atoms. The molecule has 0 saturated heterocycles. The van der Waals surface area contributed by atoms with Gasteiger partial charge < -0.3 is 16.2 Å². The van der Waals surface area contributed by atoms with E-state index in [1.807, 2.05) is 54.6 Å². The van der Waals surface area contributed by atoms with Gasteiger partial charge in [-0.15, -0.1) is 11.8 Å². The molecule has 0 heterocycles. The highest BCUT2D eigenvalue weighted by molar-refractivity contribution is 8.01. The van der Waals surface area contributed by atoms with E-state index in [9.17, 15) is 9.90 Å². The van der Waals surface area contributed by atoms with Gasteiger partial charge in [0, 0.05) is 6.42 Å². The molecule has 0 spiro atoms. The van der Waals surface area contributed by atoms with Crippen LogP contribution in [0.4, 0.5) is 0 Å². The molecule has 4 N–H and O–H groups in total. The van der Waals surface area contributed by atoms with E-state index in [0.29, 0.717) is 6.42 Å². The number of hydrogen-bond acceptors (Lipinski definition) is 3. The lowest BCUT2D eigenvalue weighted by molar-refractivity contribution is -0.137. The van der Waals surface area contributed by atoms with E-state index < -0.39 is 10.7 Å². The van der Waals surface area contributed by atoms with Gasteiger partial charge in [-0.1, -0.05) is 91.0 Å². The summed E-state index contributed by atoms with van der Waals surface area (Å²) in [5.41, 5.74) is 9.08. The third kappa shape index (κ3) is 5.20. The van der Waals surface area contributed by atoms with Crippen LogP contribution in [0.25, 0.3) is 0 Å². The van der Waals surface area contributed by atoms with Crippen molar-refractivity contribution in [3.8, 4) is 0 Å². The van der Waals surface area contributed by atoms with Crippen LogP contribution in [-0.2, 0) is 9.54 Å². The summed E-state index contributed by atoms with van der Waals surface area (Å²) in [6.07, 6.45) is 0.396. The lowest BCUT2D eigenvalue weighted by Gasteiger charge is -2.38. The largest absolute Gasteiger partial charge is 0.481 e. The highest BCUT2D eigenvalue weighted by Gasteiger charge is 2.39. The maximum absolute atomic E-state index is 11.3. The van der Waals surface area contributed by atoms with Gasteiger partial charge in [0.05, 0.1) is 10.1 Å². The van der Waals surface area contributed by atoms with E-state index in [2.05, 4.69) is 41.7 Å². The molecule has 0 radical (unpaired) electrons. The van der Waals surface area contributed by atoms with E-state index in [-0.39, 0.29) is 16.9 Å². The summed E-state index contributed by atoms with van der Waals surface area (Å²) in [7, 11) is 0. The lowest BCUT2D eigenvalue weighted by atomic mass is 9.84. The number of aliphatic carboxylic acids is 1. The molecule has 0 aliphatic carbocycles. The summed E-state index contributed by atoms with van der Waals surface area (Å²) < 4.78 is -0.579. The number of hydrogen-bond donors (Lipinski definition) is 3. The van der Waals surface area contributed by atoms with E-state index >= 15 is 0 Å². The molecule has 0 amide bonds. The monoisotopic (exact) mass is 436 g/mol. The number of carboxylic acid groups (broad SMARTS) is 1. The van der Waals surface area contributed by atoms with Gasteiger partial charge in [0.1, 0.15) is 0 Å². The lowest BCUT2D eigenvalue weighted by Crippen LogP contribution is -2.40. The fourth-order valence-electron chi connectivity index (χ4n) is 3.51. The quantitative estimate of drug-likeness (QED) is 0.256. The average Bonchev–Trinajstić information content (AvgIpc) is 2.77. The molecule has 3 aromatic carbocycles. The van der Waals surface area contributed by atoms with Gasteiger partial charge in [0.15, 0.2) is 5.11 Å². The van der Waals surface area contributed by atoms with Crippen molar-refractivity contribution in [2.45, 2.75) is 23.0 Å². The number of carbonyl (C=O) groups is 1. The van der Waals surface area contributed by atoms with E-state index in [4.69, 9.17) is 18.0 Å². The average molecular weight is 437 g/mol. The molecular formula is C24H24N2O2S2. The molecular weight excluding hydrogens is 412 g/mol. The van der Waals surface area contributed by atoms with Crippen molar-refractivity contribution in [2.75, 3.05) is 0 Å². The second-order valence-electron chi connectivity index (χ2n) is 6.83. The van der Waals surface area contributed by atoms with Crippen molar-refractivity contribution < 1.29 is 9.90 Å². The van der Waals surface area contributed by atoms with Gasteiger partial charge in [0.2, 0.25) is 0 Å². The first-order valence-electron chi connectivity index (χ1n) is 9.64. The Balaban J connectivity index is 2.19. The Labute approximate surface area is 186 Å². The number of nitrogens with two attached hydrogens (primary N) is 1. The molecule has 3 aromatic rings. The van der Waals surface area contributed by atoms with Crippen molar-refractivity contribution in [3.05, 3.63) is 108 Å². The predicted molar refractivity (Wildman–Crippen MR) is 127 cm³/mol. The zero-order chi connectivity index (χ0) is 21.4. The summed E-state index contributed by atoms with van der Waals surface area (Å²) in [6.45, 7) is 0. The van der Waals surface area contributed by atoms with Gasteiger partial charge in [-0.3, -0.25) is 4.79 Å². The molecule has 0 saturated carbocycles. The normalized spacial score (nSPS) is 12.1. The van der Waals surface area contributed by atoms with Crippen LogP contribution in [0, 0.1) is 0 Å². The Bertz CT molecular complexity index is 870. The molecule has 3 rings (SSSR count). The first-order valence-corrected chi connectivity index (χ1v) is 10.9. The van der Waals surface area contributed by atoms with Crippen LogP contribution >= 0.6 is 24.0 Å². The fraction of sp³-hybridized carbons (Fsp3) is 0.167. The smallest absolute Gasteiger partial charge is 0.303 e. The van der Waals surface area contributed by atoms with Gasteiger partial charge in [-0.25, -0.2) is 0 Å². The Morgan fingerprint density at radius 1 is 0.900 bits per heavy atom. The third-order valence-electron chi connectivity index (χ3n) is 4.78. The molecule has 154 valence electrons. The van der Waals surface area contributed by atoms with Gasteiger partial charge in [-0.2, -0.15) is 0 Å². The first-order chi connectivity index (χ1) is 14.5. The van der Waals surface area contributed by atoms with Gasteiger partial charge >= 0.3 is 5.97 Å². The van der Waals surface area contributed by atoms with Gasteiger partial charge in [0.25, 0.3) is 0 Å². The third-order valence-corrected chi connectivity index (χ3v) is 6.60.